The van der Waals surface area contributed by atoms with Crippen molar-refractivity contribution < 1.29 is 26.2 Å². The minimum Gasteiger partial charge on any atom is -0.392 e. The number of nitrogens with zero attached hydrogens (tertiary/aromatic N) is 3. The molecule has 3 aliphatic heterocycles. The molecule has 5 heterocycles. The zero-order valence-electron chi connectivity index (χ0n) is 48.0. The Morgan fingerprint density at radius 3 is 1.94 bits per heavy atom. The minimum atomic E-state index is -3.38. The molecule has 0 saturated heterocycles. The van der Waals surface area contributed by atoms with Crippen molar-refractivity contribution in [3.8, 4) is 78.6 Å². The third-order valence-electron chi connectivity index (χ3n) is 14.3. The second-order valence-corrected chi connectivity index (χ2v) is 20.6. The maximum atomic E-state index is 8.38. The average Bonchev–Trinajstić information content (AvgIpc) is 4.10. The molecule has 2 aromatic heterocycles. The van der Waals surface area contributed by atoms with Gasteiger partial charge in [-0.3, -0.25) is 0 Å². The Morgan fingerprint density at radius 2 is 1.25 bits per heavy atom. The van der Waals surface area contributed by atoms with Crippen LogP contribution >= 0.6 is 0 Å². The van der Waals surface area contributed by atoms with Gasteiger partial charge in [0.1, 0.15) is 16.8 Å². The largest absolute Gasteiger partial charge is 0.499 e. The molecule has 1 spiro atoms. The molecular weight excluding hydrogens is 815 g/mol. The summed E-state index contributed by atoms with van der Waals surface area (Å²) in [5, 5.41) is 0. The van der Waals surface area contributed by atoms with E-state index in [1.807, 2.05) is 12.1 Å². The van der Waals surface area contributed by atoms with Crippen molar-refractivity contribution in [2.45, 2.75) is 97.5 Å². The molecule has 4 nitrogen and oxygen atoms in total. The van der Waals surface area contributed by atoms with Crippen molar-refractivity contribution in [2.24, 2.45) is 0 Å². The summed E-state index contributed by atoms with van der Waals surface area (Å²) in [6.07, 6.45) is 2.89. The van der Waals surface area contributed by atoms with Crippen LogP contribution in [0.15, 0.2) is 164 Å². The third kappa shape index (κ3) is 6.04. The molecule has 12 rings (SSSR count). The monoisotopic (exact) mass is 883 g/mol. The summed E-state index contributed by atoms with van der Waals surface area (Å²) >= 11 is 0. The SMILES string of the molecule is [2H]C([2H])([2H])C(c1ccc(-c2cc[n+]3c(c2)-c2cc(-c4ccccc4)cc4c2C32Oc3c(cc(C(C)(C)C)cc3C(C)(C)C)-c3n(-c5ccc(-c6ccccc6)c(CC)c5)c5cccc-4c5[n+]32)cc1)(C([2H])([2H])[2H])C([2H])([2H])[2H]. The Hall–Kier alpha value is -7.04. The van der Waals surface area contributed by atoms with Gasteiger partial charge in [-0.2, -0.15) is 4.57 Å². The maximum absolute atomic E-state index is 8.38. The van der Waals surface area contributed by atoms with Gasteiger partial charge in [0.15, 0.2) is 23.0 Å². The molecule has 330 valence electrons. The van der Waals surface area contributed by atoms with Crippen LogP contribution in [0.3, 0.4) is 0 Å². The Morgan fingerprint density at radius 1 is 0.552 bits per heavy atom. The number of fused-ring (bicyclic) bond motifs is 5. The summed E-state index contributed by atoms with van der Waals surface area (Å²) in [4.78, 5) is 0. The van der Waals surface area contributed by atoms with Gasteiger partial charge in [-0.1, -0.05) is 166 Å². The number of hydrogen-bond acceptors (Lipinski definition) is 1. The topological polar surface area (TPSA) is 21.9 Å². The zero-order chi connectivity index (χ0) is 53.9. The van der Waals surface area contributed by atoms with Crippen molar-refractivity contribution in [1.82, 2.24) is 4.57 Å². The van der Waals surface area contributed by atoms with E-state index in [4.69, 9.17) is 17.1 Å². The number of aromatic nitrogens is 3. The number of benzene rings is 7. The molecule has 1 atom stereocenters. The highest BCUT2D eigenvalue weighted by molar-refractivity contribution is 5.99. The molecule has 1 unspecified atom stereocenters. The number of rotatable bonds is 5. The molecule has 0 radical (unpaired) electrons. The number of pyridine rings is 1. The van der Waals surface area contributed by atoms with Crippen molar-refractivity contribution in [2.75, 3.05) is 0 Å². The molecule has 0 N–H and O–H groups in total. The molecule has 0 aliphatic carbocycles. The number of aryl methyl sites for hydroxylation is 1. The van der Waals surface area contributed by atoms with Crippen LogP contribution in [-0.2, 0) is 28.5 Å². The average molecular weight is 883 g/mol. The number of para-hydroxylation sites is 1. The normalized spacial score (nSPS) is 18.1. The van der Waals surface area contributed by atoms with Crippen LogP contribution < -0.4 is 13.9 Å². The lowest BCUT2D eigenvalue weighted by atomic mass is 9.78. The molecule has 3 aliphatic rings. The van der Waals surface area contributed by atoms with Crippen molar-refractivity contribution in [1.29, 1.82) is 0 Å². The molecule has 7 aromatic carbocycles. The number of ether oxygens (including phenoxy) is 1. The molecule has 0 saturated carbocycles. The minimum absolute atomic E-state index is 0.203. The summed E-state index contributed by atoms with van der Waals surface area (Å²) in [7, 11) is 0. The smallest absolute Gasteiger partial charge is 0.392 e. The fraction of sp³-hybridized carbons (Fsp3) is 0.238. The second kappa shape index (κ2) is 14.2. The van der Waals surface area contributed by atoms with Gasteiger partial charge < -0.3 is 4.74 Å². The van der Waals surface area contributed by atoms with E-state index in [1.54, 1.807) is 12.1 Å². The lowest BCUT2D eigenvalue weighted by molar-refractivity contribution is -0.997. The highest BCUT2D eigenvalue weighted by Crippen LogP contribution is 2.56. The fourth-order valence-corrected chi connectivity index (χ4v) is 11.0. The van der Waals surface area contributed by atoms with Crippen LogP contribution in [0.5, 0.6) is 5.75 Å². The van der Waals surface area contributed by atoms with Gasteiger partial charge in [-0.05, 0) is 121 Å². The Labute approximate surface area is 408 Å². The summed E-state index contributed by atoms with van der Waals surface area (Å²) in [5.41, 5.74) is 14.4. The van der Waals surface area contributed by atoms with Crippen LogP contribution in [0, 0.1) is 0 Å². The van der Waals surface area contributed by atoms with Crippen LogP contribution in [-0.4, -0.2) is 4.57 Å². The van der Waals surface area contributed by atoms with E-state index >= 15 is 0 Å². The van der Waals surface area contributed by atoms with Crippen LogP contribution in [0.25, 0.3) is 83.9 Å². The van der Waals surface area contributed by atoms with E-state index in [0.717, 1.165) is 90.5 Å². The Kier molecular flexibility index (Phi) is 6.93. The highest BCUT2D eigenvalue weighted by Gasteiger charge is 2.69. The highest BCUT2D eigenvalue weighted by atomic mass is 16.5. The predicted molar refractivity (Wildman–Crippen MR) is 275 cm³/mol. The lowest BCUT2D eigenvalue weighted by Gasteiger charge is -2.36. The molecule has 0 bridgehead atoms. The van der Waals surface area contributed by atoms with Gasteiger partial charge in [-0.15, -0.1) is 9.13 Å². The van der Waals surface area contributed by atoms with Gasteiger partial charge in [0, 0.05) is 41.2 Å². The molecule has 9 aromatic rings. The van der Waals surface area contributed by atoms with E-state index in [1.165, 1.54) is 34.4 Å². The number of imidazole rings is 1. The quantitative estimate of drug-likeness (QED) is 0.158. The number of hydrogen-bond donors (Lipinski definition) is 0. The van der Waals surface area contributed by atoms with Crippen LogP contribution in [0.4, 0.5) is 0 Å². The summed E-state index contributed by atoms with van der Waals surface area (Å²) in [6.45, 7) is 5.62. The van der Waals surface area contributed by atoms with E-state index in [2.05, 4.69) is 190 Å². The van der Waals surface area contributed by atoms with Gasteiger partial charge in [-0.25, -0.2) is 0 Å². The zero-order valence-corrected chi connectivity index (χ0v) is 39.0. The molecule has 4 heteroatoms. The molecule has 0 amide bonds. The first-order valence-corrected chi connectivity index (χ1v) is 23.4. The van der Waals surface area contributed by atoms with Gasteiger partial charge in [0.2, 0.25) is 5.69 Å². The first kappa shape index (κ1) is 32.6. The van der Waals surface area contributed by atoms with Gasteiger partial charge in [0.25, 0.3) is 0 Å². The lowest BCUT2D eigenvalue weighted by Crippen LogP contribution is -2.78. The van der Waals surface area contributed by atoms with Gasteiger partial charge in [0.05, 0.1) is 5.56 Å². The van der Waals surface area contributed by atoms with Gasteiger partial charge >= 0.3 is 11.7 Å². The Balaban J connectivity index is 1.19. The molecule has 0 fully saturated rings. The summed E-state index contributed by atoms with van der Waals surface area (Å²) in [5.74, 6) is 0.492. The standard InChI is InChI=1S/C63H59N3O/c1-11-39-33-47(29-30-48(39)42-21-16-13-17-22-42)65-54-24-18-23-49-50-34-44(40-19-14-12-15-20-40)35-51-55-36-43(41-25-27-45(28-26-41)60(2,3)4)31-32-64(55)63(56(50)51)66(57(49)54)59(65)52-37-46(61(5,6)7)38-53(58(52)67-63)62(8,9)10/h12-38H,11H2,1-10H3/q+2/i2D3,3D3,4D3. The maximum Gasteiger partial charge on any atom is 0.499 e. The summed E-state index contributed by atoms with van der Waals surface area (Å²) < 4.78 is 90.6. The fourth-order valence-electron chi connectivity index (χ4n) is 11.0. The predicted octanol–water partition coefficient (Wildman–Crippen LogP) is 14.9. The third-order valence-corrected chi connectivity index (χ3v) is 14.3. The van der Waals surface area contributed by atoms with Crippen LogP contribution in [0.1, 0.15) is 109 Å². The van der Waals surface area contributed by atoms with E-state index in [0.29, 0.717) is 5.56 Å². The Bertz CT molecular complexity index is 3820. The van der Waals surface area contributed by atoms with E-state index < -0.39 is 31.8 Å². The summed E-state index contributed by atoms with van der Waals surface area (Å²) in [6, 6.07) is 53.7. The van der Waals surface area contributed by atoms with Crippen molar-refractivity contribution in [3.63, 3.8) is 0 Å². The second-order valence-electron chi connectivity index (χ2n) is 20.6. The van der Waals surface area contributed by atoms with Crippen LogP contribution in [0.2, 0.25) is 0 Å². The molecular formula is C63H59N3O+2. The molecule has 67 heavy (non-hydrogen) atoms. The van der Waals surface area contributed by atoms with E-state index in [9.17, 15) is 0 Å². The van der Waals surface area contributed by atoms with Crippen molar-refractivity contribution >= 4 is 11.0 Å². The first-order valence-electron chi connectivity index (χ1n) is 27.9. The van der Waals surface area contributed by atoms with E-state index in [-0.39, 0.29) is 16.4 Å². The first-order chi connectivity index (χ1) is 35.8. The van der Waals surface area contributed by atoms with Crippen molar-refractivity contribution in [3.05, 3.63) is 192 Å².